The molecule has 0 saturated heterocycles. The molecule has 0 aliphatic rings. The maximum atomic E-state index is 11.4. The number of nitrogens with two attached hydrogens (primary N) is 1. The maximum Gasteiger partial charge on any atom is 0.236 e. The summed E-state index contributed by atoms with van der Waals surface area (Å²) < 4.78 is 0. The van der Waals surface area contributed by atoms with Crippen molar-refractivity contribution in [2.45, 2.75) is 20.4 Å². The van der Waals surface area contributed by atoms with Gasteiger partial charge in [-0.3, -0.25) is 4.79 Å². The molecular formula is C12H18N2O. The molecule has 0 aliphatic heterocycles. The monoisotopic (exact) mass is 206 g/mol. The number of likely N-dealkylation sites (N-methyl/N-ethyl adjacent to an activating group) is 1. The molecule has 0 aromatic heterocycles. The second kappa shape index (κ2) is 5.51. The van der Waals surface area contributed by atoms with E-state index in [1.54, 1.807) is 4.90 Å². The molecule has 1 aromatic rings. The fraction of sp³-hybridized carbons (Fsp3) is 0.417. The van der Waals surface area contributed by atoms with E-state index in [0.717, 1.165) is 5.56 Å². The Balaban J connectivity index is 2.70. The van der Waals surface area contributed by atoms with Crippen molar-refractivity contribution in [1.82, 2.24) is 4.90 Å². The first-order valence-electron chi connectivity index (χ1n) is 5.20. The lowest BCUT2D eigenvalue weighted by molar-refractivity contribution is -0.130. The summed E-state index contributed by atoms with van der Waals surface area (Å²) in [4.78, 5) is 13.2. The van der Waals surface area contributed by atoms with Gasteiger partial charge in [-0.25, -0.2) is 0 Å². The van der Waals surface area contributed by atoms with Gasteiger partial charge in [0.1, 0.15) is 0 Å². The van der Waals surface area contributed by atoms with Crippen molar-refractivity contribution < 1.29 is 4.79 Å². The predicted molar refractivity (Wildman–Crippen MR) is 61.3 cm³/mol. The molecule has 15 heavy (non-hydrogen) atoms. The highest BCUT2D eigenvalue weighted by molar-refractivity contribution is 5.77. The summed E-state index contributed by atoms with van der Waals surface area (Å²) in [6, 6.07) is 8.17. The highest BCUT2D eigenvalue weighted by Gasteiger charge is 2.09. The molecule has 1 aromatic carbocycles. The Labute approximate surface area is 90.9 Å². The molecule has 0 heterocycles. The number of hydrogen-bond acceptors (Lipinski definition) is 2. The Bertz CT molecular complexity index is 336. The van der Waals surface area contributed by atoms with E-state index in [1.165, 1.54) is 5.56 Å². The number of nitrogens with zero attached hydrogens (tertiary/aromatic N) is 1. The second-order valence-electron chi connectivity index (χ2n) is 3.60. The van der Waals surface area contributed by atoms with Crippen LogP contribution in [0.25, 0.3) is 0 Å². The van der Waals surface area contributed by atoms with Crippen LogP contribution in [0.15, 0.2) is 24.3 Å². The third-order valence-corrected chi connectivity index (χ3v) is 2.36. The van der Waals surface area contributed by atoms with Crippen molar-refractivity contribution in [2.75, 3.05) is 13.1 Å². The first-order valence-corrected chi connectivity index (χ1v) is 5.20. The fourth-order valence-electron chi connectivity index (χ4n) is 1.54. The standard InChI is InChI=1S/C12H18N2O/c1-3-14(12(15)8-13)9-11-6-4-5-10(2)7-11/h4-7H,3,8-9,13H2,1-2H3. The van der Waals surface area contributed by atoms with Crippen LogP contribution >= 0.6 is 0 Å². The number of aryl methyl sites for hydroxylation is 1. The molecule has 0 aliphatic carbocycles. The Morgan fingerprint density at radius 1 is 1.47 bits per heavy atom. The summed E-state index contributed by atoms with van der Waals surface area (Å²) in [6.07, 6.45) is 0. The van der Waals surface area contributed by atoms with Gasteiger partial charge < -0.3 is 10.6 Å². The van der Waals surface area contributed by atoms with Gasteiger partial charge in [-0.05, 0) is 19.4 Å². The minimum absolute atomic E-state index is 0.000920. The van der Waals surface area contributed by atoms with Crippen LogP contribution in [0, 0.1) is 6.92 Å². The number of hydrogen-bond donors (Lipinski definition) is 1. The third-order valence-electron chi connectivity index (χ3n) is 2.36. The number of benzene rings is 1. The Morgan fingerprint density at radius 2 is 2.20 bits per heavy atom. The number of amides is 1. The lowest BCUT2D eigenvalue weighted by Gasteiger charge is -2.20. The predicted octanol–water partition coefficient (Wildman–Crippen LogP) is 1.30. The van der Waals surface area contributed by atoms with E-state index in [9.17, 15) is 4.79 Å². The molecule has 0 unspecified atom stereocenters. The van der Waals surface area contributed by atoms with Crippen LogP contribution in [-0.4, -0.2) is 23.9 Å². The quantitative estimate of drug-likeness (QED) is 0.807. The van der Waals surface area contributed by atoms with Gasteiger partial charge in [-0.1, -0.05) is 29.8 Å². The average molecular weight is 206 g/mol. The molecule has 0 fully saturated rings. The first-order chi connectivity index (χ1) is 7.17. The van der Waals surface area contributed by atoms with Gasteiger partial charge in [-0.2, -0.15) is 0 Å². The van der Waals surface area contributed by atoms with Crippen molar-refractivity contribution in [3.05, 3.63) is 35.4 Å². The van der Waals surface area contributed by atoms with Crippen LogP contribution in [0.1, 0.15) is 18.1 Å². The number of carbonyl (C=O) groups is 1. The molecule has 0 saturated carbocycles. The van der Waals surface area contributed by atoms with E-state index in [-0.39, 0.29) is 12.5 Å². The minimum Gasteiger partial charge on any atom is -0.338 e. The molecule has 0 radical (unpaired) electrons. The normalized spacial score (nSPS) is 10.1. The van der Waals surface area contributed by atoms with Crippen LogP contribution in [0.4, 0.5) is 0 Å². The van der Waals surface area contributed by atoms with E-state index < -0.39 is 0 Å². The molecule has 82 valence electrons. The molecule has 1 amide bonds. The highest BCUT2D eigenvalue weighted by Crippen LogP contribution is 2.07. The van der Waals surface area contributed by atoms with Crippen molar-refractivity contribution >= 4 is 5.91 Å². The van der Waals surface area contributed by atoms with Gasteiger partial charge in [0.2, 0.25) is 5.91 Å². The van der Waals surface area contributed by atoms with Crippen molar-refractivity contribution in [3.63, 3.8) is 0 Å². The number of carbonyl (C=O) groups excluding carboxylic acids is 1. The molecule has 3 nitrogen and oxygen atoms in total. The summed E-state index contributed by atoms with van der Waals surface area (Å²) >= 11 is 0. The topological polar surface area (TPSA) is 46.3 Å². The van der Waals surface area contributed by atoms with Crippen molar-refractivity contribution in [1.29, 1.82) is 0 Å². The third kappa shape index (κ3) is 3.36. The molecule has 3 heteroatoms. The van der Waals surface area contributed by atoms with E-state index in [0.29, 0.717) is 13.1 Å². The zero-order valence-electron chi connectivity index (χ0n) is 9.36. The molecule has 2 N–H and O–H groups in total. The Morgan fingerprint density at radius 3 is 2.73 bits per heavy atom. The minimum atomic E-state index is -0.000920. The zero-order valence-corrected chi connectivity index (χ0v) is 9.36. The van der Waals surface area contributed by atoms with E-state index in [4.69, 9.17) is 5.73 Å². The molecule has 0 bridgehead atoms. The zero-order chi connectivity index (χ0) is 11.3. The van der Waals surface area contributed by atoms with E-state index >= 15 is 0 Å². The van der Waals surface area contributed by atoms with Gasteiger partial charge in [0.25, 0.3) is 0 Å². The Hall–Kier alpha value is -1.35. The highest BCUT2D eigenvalue weighted by atomic mass is 16.2. The lowest BCUT2D eigenvalue weighted by Crippen LogP contribution is -2.35. The van der Waals surface area contributed by atoms with Gasteiger partial charge in [-0.15, -0.1) is 0 Å². The number of rotatable bonds is 4. The van der Waals surface area contributed by atoms with Crippen molar-refractivity contribution in [2.24, 2.45) is 5.73 Å². The summed E-state index contributed by atoms with van der Waals surface area (Å²) in [6.45, 7) is 5.44. The summed E-state index contributed by atoms with van der Waals surface area (Å²) in [5, 5.41) is 0. The van der Waals surface area contributed by atoms with E-state index in [1.807, 2.05) is 32.0 Å². The first kappa shape index (κ1) is 11.7. The molecule has 0 atom stereocenters. The van der Waals surface area contributed by atoms with Crippen LogP contribution in [0.2, 0.25) is 0 Å². The Kier molecular flexibility index (Phi) is 4.31. The second-order valence-corrected chi connectivity index (χ2v) is 3.60. The molecular weight excluding hydrogens is 188 g/mol. The average Bonchev–Trinajstić information content (AvgIpc) is 2.25. The molecule has 0 spiro atoms. The van der Waals surface area contributed by atoms with Gasteiger partial charge >= 0.3 is 0 Å². The summed E-state index contributed by atoms with van der Waals surface area (Å²) in [7, 11) is 0. The lowest BCUT2D eigenvalue weighted by atomic mass is 10.1. The van der Waals surface area contributed by atoms with Crippen LogP contribution in [0.3, 0.4) is 0 Å². The van der Waals surface area contributed by atoms with E-state index in [2.05, 4.69) is 6.07 Å². The van der Waals surface area contributed by atoms with Crippen LogP contribution in [0.5, 0.6) is 0 Å². The fourth-order valence-corrected chi connectivity index (χ4v) is 1.54. The van der Waals surface area contributed by atoms with Gasteiger partial charge in [0.15, 0.2) is 0 Å². The largest absolute Gasteiger partial charge is 0.338 e. The molecule has 1 rings (SSSR count). The summed E-state index contributed by atoms with van der Waals surface area (Å²) in [5.41, 5.74) is 7.70. The SMILES string of the molecule is CCN(Cc1cccc(C)c1)C(=O)CN. The van der Waals surface area contributed by atoms with Crippen molar-refractivity contribution in [3.8, 4) is 0 Å². The smallest absolute Gasteiger partial charge is 0.236 e. The summed E-state index contributed by atoms with van der Waals surface area (Å²) in [5.74, 6) is -0.000920. The van der Waals surface area contributed by atoms with Gasteiger partial charge in [0, 0.05) is 13.1 Å². The maximum absolute atomic E-state index is 11.4. The van der Waals surface area contributed by atoms with Gasteiger partial charge in [0.05, 0.1) is 6.54 Å². The van der Waals surface area contributed by atoms with Crippen LogP contribution in [-0.2, 0) is 11.3 Å². The van der Waals surface area contributed by atoms with Crippen LogP contribution < -0.4 is 5.73 Å².